The van der Waals surface area contributed by atoms with Crippen LogP contribution in [0.25, 0.3) is 0 Å². The van der Waals surface area contributed by atoms with Gasteiger partial charge in [-0.1, -0.05) is 24.0 Å². The van der Waals surface area contributed by atoms with Crippen molar-refractivity contribution in [3.8, 4) is 11.8 Å². The second-order valence-corrected chi connectivity index (χ2v) is 3.45. The molecule has 0 aliphatic carbocycles. The molecule has 0 unspecified atom stereocenters. The molecule has 0 bridgehead atoms. The van der Waals surface area contributed by atoms with Gasteiger partial charge >= 0.3 is 0 Å². The van der Waals surface area contributed by atoms with Crippen molar-refractivity contribution in [2.45, 2.75) is 13.0 Å². The van der Waals surface area contributed by atoms with E-state index in [-0.39, 0.29) is 0 Å². The van der Waals surface area contributed by atoms with Crippen molar-refractivity contribution in [2.75, 3.05) is 12.8 Å². The Morgan fingerprint density at radius 1 is 1.29 bits per heavy atom. The molecule has 0 saturated carbocycles. The highest BCUT2D eigenvalue weighted by Gasteiger charge is 1.89. The molecule has 74 valence electrons. The molecule has 1 aromatic carbocycles. The van der Waals surface area contributed by atoms with E-state index < -0.39 is 0 Å². The van der Waals surface area contributed by atoms with Gasteiger partial charge in [-0.15, -0.1) is 0 Å². The maximum absolute atomic E-state index is 4.10. The molecule has 1 nitrogen and oxygen atoms in total. The Balaban J connectivity index is 2.60. The lowest BCUT2D eigenvalue weighted by Gasteiger charge is -1.98. The molecule has 14 heavy (non-hydrogen) atoms. The van der Waals surface area contributed by atoms with Gasteiger partial charge in [-0.25, -0.2) is 0 Å². The fourth-order valence-electron chi connectivity index (χ4n) is 1.13. The first-order valence-corrected chi connectivity index (χ1v) is 5.33. The molecule has 0 aliphatic rings. The molecule has 0 aliphatic heterocycles. The Hall–Kier alpha value is -0.910. The lowest BCUT2D eigenvalue weighted by atomic mass is 10.1. The standard InChI is InChI=1S/C12H15NS/c1-13-10-12-7-5-11(6-8-12)4-2-3-9-14/h5-8,13-14H,3,9-10H2,1H3. The van der Waals surface area contributed by atoms with Crippen LogP contribution in [0.5, 0.6) is 0 Å². The van der Waals surface area contributed by atoms with E-state index in [0.717, 1.165) is 24.3 Å². The molecule has 1 N–H and O–H groups in total. The van der Waals surface area contributed by atoms with Crippen LogP contribution in [0.2, 0.25) is 0 Å². The molecule has 0 spiro atoms. The SMILES string of the molecule is CNCc1ccc(C#CCCS)cc1. The van der Waals surface area contributed by atoms with E-state index in [0.29, 0.717) is 0 Å². The average molecular weight is 205 g/mol. The molecule has 0 amide bonds. The Bertz CT molecular complexity index is 318. The molecule has 0 fully saturated rings. The lowest BCUT2D eigenvalue weighted by molar-refractivity contribution is 0.818. The summed E-state index contributed by atoms with van der Waals surface area (Å²) in [7, 11) is 1.94. The zero-order chi connectivity index (χ0) is 10.2. The summed E-state index contributed by atoms with van der Waals surface area (Å²) in [6.07, 6.45) is 0.849. The van der Waals surface area contributed by atoms with E-state index >= 15 is 0 Å². The normalized spacial score (nSPS) is 9.29. The second kappa shape index (κ2) is 6.53. The van der Waals surface area contributed by atoms with Crippen LogP contribution in [0.3, 0.4) is 0 Å². The molecule has 1 rings (SSSR count). The zero-order valence-corrected chi connectivity index (χ0v) is 9.27. The minimum absolute atomic E-state index is 0.824. The van der Waals surface area contributed by atoms with Crippen LogP contribution in [-0.2, 0) is 6.54 Å². The monoisotopic (exact) mass is 205 g/mol. The summed E-state index contributed by atoms with van der Waals surface area (Å²) in [5, 5.41) is 3.11. The van der Waals surface area contributed by atoms with Crippen molar-refractivity contribution >= 4 is 12.6 Å². The van der Waals surface area contributed by atoms with Gasteiger partial charge in [-0.2, -0.15) is 12.6 Å². The average Bonchev–Trinajstić information content (AvgIpc) is 2.21. The molecule has 0 saturated heterocycles. The minimum Gasteiger partial charge on any atom is -0.316 e. The second-order valence-electron chi connectivity index (χ2n) is 3.00. The van der Waals surface area contributed by atoms with Crippen LogP contribution in [-0.4, -0.2) is 12.8 Å². The van der Waals surface area contributed by atoms with Gasteiger partial charge in [0.1, 0.15) is 0 Å². The molecular weight excluding hydrogens is 190 g/mol. The molecule has 0 radical (unpaired) electrons. The van der Waals surface area contributed by atoms with Gasteiger partial charge in [-0.05, 0) is 24.7 Å². The molecule has 2 heteroatoms. The van der Waals surface area contributed by atoms with E-state index in [9.17, 15) is 0 Å². The first-order valence-electron chi connectivity index (χ1n) is 4.70. The lowest BCUT2D eigenvalue weighted by Crippen LogP contribution is -2.04. The Morgan fingerprint density at radius 2 is 2.00 bits per heavy atom. The van der Waals surface area contributed by atoms with Crippen molar-refractivity contribution < 1.29 is 0 Å². The van der Waals surface area contributed by atoms with Gasteiger partial charge in [-0.3, -0.25) is 0 Å². The Kier molecular flexibility index (Phi) is 5.21. The maximum atomic E-state index is 4.10. The zero-order valence-electron chi connectivity index (χ0n) is 8.38. The predicted molar refractivity (Wildman–Crippen MR) is 64.6 cm³/mol. The van der Waals surface area contributed by atoms with Crippen LogP contribution in [0.4, 0.5) is 0 Å². The first kappa shape index (κ1) is 11.2. The van der Waals surface area contributed by atoms with Crippen LogP contribution in [0.15, 0.2) is 24.3 Å². The summed E-state index contributed by atoms with van der Waals surface area (Å²) in [5.41, 5.74) is 2.36. The maximum Gasteiger partial charge on any atom is 0.0245 e. The molecular formula is C12H15NS. The third kappa shape index (κ3) is 3.87. The van der Waals surface area contributed by atoms with E-state index in [2.05, 4.69) is 54.1 Å². The van der Waals surface area contributed by atoms with Crippen LogP contribution in [0, 0.1) is 11.8 Å². The fourth-order valence-corrected chi connectivity index (χ4v) is 1.24. The molecule has 0 heterocycles. The highest BCUT2D eigenvalue weighted by atomic mass is 32.1. The third-order valence-electron chi connectivity index (χ3n) is 1.80. The number of benzene rings is 1. The van der Waals surface area contributed by atoms with E-state index in [1.165, 1.54) is 5.56 Å². The summed E-state index contributed by atoms with van der Waals surface area (Å²) >= 11 is 4.10. The van der Waals surface area contributed by atoms with E-state index in [4.69, 9.17) is 0 Å². The summed E-state index contributed by atoms with van der Waals surface area (Å²) < 4.78 is 0. The molecule has 0 aromatic heterocycles. The Labute approximate surface area is 91.3 Å². The van der Waals surface area contributed by atoms with Gasteiger partial charge < -0.3 is 5.32 Å². The highest BCUT2D eigenvalue weighted by Crippen LogP contribution is 2.02. The summed E-state index contributed by atoms with van der Waals surface area (Å²) in [6, 6.07) is 8.30. The first-order chi connectivity index (χ1) is 6.86. The summed E-state index contributed by atoms with van der Waals surface area (Å²) in [6.45, 7) is 0.907. The molecule has 1 aromatic rings. The molecule has 0 atom stereocenters. The van der Waals surface area contributed by atoms with Crippen molar-refractivity contribution in [1.29, 1.82) is 0 Å². The largest absolute Gasteiger partial charge is 0.316 e. The van der Waals surface area contributed by atoms with Crippen LogP contribution in [0.1, 0.15) is 17.5 Å². The van der Waals surface area contributed by atoms with Gasteiger partial charge in [0.2, 0.25) is 0 Å². The highest BCUT2D eigenvalue weighted by molar-refractivity contribution is 7.80. The van der Waals surface area contributed by atoms with Gasteiger partial charge in [0.15, 0.2) is 0 Å². The van der Waals surface area contributed by atoms with Gasteiger partial charge in [0.05, 0.1) is 0 Å². The van der Waals surface area contributed by atoms with Crippen molar-refractivity contribution in [2.24, 2.45) is 0 Å². The van der Waals surface area contributed by atoms with Crippen LogP contribution >= 0.6 is 12.6 Å². The van der Waals surface area contributed by atoms with Crippen LogP contribution < -0.4 is 5.32 Å². The number of nitrogens with one attached hydrogen (secondary N) is 1. The van der Waals surface area contributed by atoms with Crippen molar-refractivity contribution in [3.63, 3.8) is 0 Å². The smallest absolute Gasteiger partial charge is 0.0245 e. The topological polar surface area (TPSA) is 12.0 Å². The fraction of sp³-hybridized carbons (Fsp3) is 0.333. The van der Waals surface area contributed by atoms with E-state index in [1.54, 1.807) is 0 Å². The van der Waals surface area contributed by atoms with Gasteiger partial charge in [0, 0.05) is 24.3 Å². The summed E-state index contributed by atoms with van der Waals surface area (Å²) in [5.74, 6) is 6.98. The van der Waals surface area contributed by atoms with Crippen molar-refractivity contribution in [1.82, 2.24) is 5.32 Å². The Morgan fingerprint density at radius 3 is 2.57 bits per heavy atom. The summed E-state index contributed by atoms with van der Waals surface area (Å²) in [4.78, 5) is 0. The third-order valence-corrected chi connectivity index (χ3v) is 2.03. The van der Waals surface area contributed by atoms with E-state index in [1.807, 2.05) is 7.05 Å². The van der Waals surface area contributed by atoms with Crippen molar-refractivity contribution in [3.05, 3.63) is 35.4 Å². The quantitative estimate of drug-likeness (QED) is 0.569. The number of hydrogen-bond acceptors (Lipinski definition) is 2. The number of hydrogen-bond donors (Lipinski definition) is 2. The predicted octanol–water partition coefficient (Wildman–Crippen LogP) is 2.08. The number of rotatable bonds is 3. The number of thiol groups is 1. The minimum atomic E-state index is 0.824. The van der Waals surface area contributed by atoms with Gasteiger partial charge in [0.25, 0.3) is 0 Å².